The first-order valence-electron chi connectivity index (χ1n) is 9.00. The molecule has 0 saturated heterocycles. The van der Waals surface area contributed by atoms with Gasteiger partial charge in [0.2, 0.25) is 0 Å². The van der Waals surface area contributed by atoms with E-state index in [-0.39, 0.29) is 5.78 Å². The van der Waals surface area contributed by atoms with Gasteiger partial charge in [0.1, 0.15) is 0 Å². The van der Waals surface area contributed by atoms with Crippen LogP contribution in [-0.4, -0.2) is 5.78 Å². The minimum absolute atomic E-state index is 0.102. The topological polar surface area (TPSA) is 17.1 Å². The normalized spacial score (nSPS) is 10.2. The Kier molecular flexibility index (Phi) is 21.0. The van der Waals surface area contributed by atoms with E-state index in [9.17, 15) is 4.79 Å². The first kappa shape index (κ1) is 26.3. The molecule has 0 atom stereocenters. The lowest BCUT2D eigenvalue weighted by molar-refractivity contribution is 0.103. The highest BCUT2D eigenvalue weighted by Gasteiger charge is 2.06. The summed E-state index contributed by atoms with van der Waals surface area (Å²) in [5.41, 5.74) is 3.99. The number of benzene rings is 1. The maximum atomic E-state index is 12.1. The third kappa shape index (κ3) is 12.6. The summed E-state index contributed by atoms with van der Waals surface area (Å²) < 4.78 is 0. The zero-order valence-corrected chi connectivity index (χ0v) is 17.1. The van der Waals surface area contributed by atoms with Gasteiger partial charge in [-0.2, -0.15) is 0 Å². The van der Waals surface area contributed by atoms with Gasteiger partial charge in [0.05, 0.1) is 0 Å². The number of Topliss-reactive ketones (excluding diaryl/α,β-unsaturated/α-hetero) is 1. The van der Waals surface area contributed by atoms with E-state index in [4.69, 9.17) is 0 Å². The summed E-state index contributed by atoms with van der Waals surface area (Å²) in [6, 6.07) is 7.69. The first-order valence-corrected chi connectivity index (χ1v) is 9.00. The quantitative estimate of drug-likeness (QED) is 0.318. The number of carbonyl (C=O) groups excluding carboxylic acids is 1. The molecule has 1 aromatic rings. The molecule has 0 spiro atoms. The van der Waals surface area contributed by atoms with Crippen LogP contribution in [0.5, 0.6) is 0 Å². The fourth-order valence-corrected chi connectivity index (χ4v) is 1.39. The molecule has 0 N–H and O–H groups in total. The van der Waals surface area contributed by atoms with E-state index in [2.05, 4.69) is 13.8 Å². The highest BCUT2D eigenvalue weighted by Crippen LogP contribution is 2.10. The van der Waals surface area contributed by atoms with Crippen LogP contribution in [0, 0.1) is 6.92 Å². The second-order valence-electron chi connectivity index (χ2n) is 4.41. The molecule has 0 aliphatic carbocycles. The van der Waals surface area contributed by atoms with Crippen molar-refractivity contribution in [3.8, 4) is 0 Å². The molecule has 23 heavy (non-hydrogen) atoms. The number of carbonyl (C=O) groups is 1. The van der Waals surface area contributed by atoms with Crippen LogP contribution in [0.3, 0.4) is 0 Å². The van der Waals surface area contributed by atoms with E-state index in [0.29, 0.717) is 0 Å². The Hall–Kier alpha value is -1.63. The molecule has 1 heteroatoms. The summed E-state index contributed by atoms with van der Waals surface area (Å²) in [6.07, 6.45) is 4.94. The van der Waals surface area contributed by atoms with E-state index in [1.54, 1.807) is 0 Å². The molecule has 0 radical (unpaired) electrons. The number of ketones is 1. The number of hydrogen-bond acceptors (Lipinski definition) is 1. The van der Waals surface area contributed by atoms with Crippen molar-refractivity contribution in [2.24, 2.45) is 0 Å². The van der Waals surface area contributed by atoms with E-state index in [1.807, 2.05) is 91.8 Å². The maximum Gasteiger partial charge on any atom is 0.188 e. The number of aryl methyl sites for hydroxylation is 1. The van der Waals surface area contributed by atoms with E-state index >= 15 is 0 Å². The summed E-state index contributed by atoms with van der Waals surface area (Å²) in [7, 11) is 0. The monoisotopic (exact) mass is 318 g/mol. The highest BCUT2D eigenvalue weighted by molar-refractivity contribution is 6.08. The van der Waals surface area contributed by atoms with Gasteiger partial charge in [-0.05, 0) is 32.8 Å². The second-order valence-corrected chi connectivity index (χ2v) is 4.41. The first-order chi connectivity index (χ1) is 11.0. The van der Waals surface area contributed by atoms with Crippen molar-refractivity contribution in [3.63, 3.8) is 0 Å². The van der Waals surface area contributed by atoms with Crippen molar-refractivity contribution in [1.82, 2.24) is 0 Å². The van der Waals surface area contributed by atoms with Gasteiger partial charge >= 0.3 is 0 Å². The molecule has 0 fully saturated rings. The molecule has 0 aliphatic heterocycles. The molecule has 1 rings (SSSR count). The summed E-state index contributed by atoms with van der Waals surface area (Å²) in [4.78, 5) is 12.1. The number of hydrogen-bond donors (Lipinski definition) is 0. The number of rotatable bonds is 4. The molecule has 132 valence electrons. The van der Waals surface area contributed by atoms with Crippen LogP contribution in [0.4, 0.5) is 0 Å². The Balaban J connectivity index is -0.000000595. The zero-order valence-electron chi connectivity index (χ0n) is 17.1. The third-order valence-corrected chi connectivity index (χ3v) is 2.85. The SMILES string of the molecule is CC.CC.CC.CC/C(C)=C/C=C(\C)C(=O)c1ccc(C)cc1. The third-order valence-electron chi connectivity index (χ3n) is 2.85. The van der Waals surface area contributed by atoms with Crippen molar-refractivity contribution in [1.29, 1.82) is 0 Å². The predicted octanol–water partition coefficient (Wildman–Crippen LogP) is 7.56. The van der Waals surface area contributed by atoms with Crippen molar-refractivity contribution < 1.29 is 4.79 Å². The van der Waals surface area contributed by atoms with Crippen LogP contribution in [0.15, 0.2) is 47.6 Å². The van der Waals surface area contributed by atoms with E-state index in [1.165, 1.54) is 11.1 Å². The Labute approximate surface area is 145 Å². The summed E-state index contributed by atoms with van der Waals surface area (Å²) in [5, 5.41) is 0. The Morgan fingerprint density at radius 3 is 1.70 bits per heavy atom. The Morgan fingerprint density at radius 1 is 0.870 bits per heavy atom. The van der Waals surface area contributed by atoms with Gasteiger partial charge in [0.25, 0.3) is 0 Å². The van der Waals surface area contributed by atoms with Crippen LogP contribution in [0.25, 0.3) is 0 Å². The summed E-state index contributed by atoms with van der Waals surface area (Å²) in [6.45, 7) is 20.1. The molecule has 0 saturated carbocycles. The zero-order chi connectivity index (χ0) is 18.8. The van der Waals surface area contributed by atoms with Crippen LogP contribution in [-0.2, 0) is 0 Å². The summed E-state index contributed by atoms with van der Waals surface area (Å²) in [5.74, 6) is 0.102. The van der Waals surface area contributed by atoms with Crippen molar-refractivity contribution >= 4 is 5.78 Å². The van der Waals surface area contributed by atoms with Gasteiger partial charge < -0.3 is 0 Å². The Morgan fingerprint density at radius 2 is 1.30 bits per heavy atom. The van der Waals surface area contributed by atoms with Gasteiger partial charge in [-0.15, -0.1) is 0 Å². The molecule has 0 unspecified atom stereocenters. The van der Waals surface area contributed by atoms with Gasteiger partial charge in [0, 0.05) is 5.56 Å². The fraction of sp³-hybridized carbons (Fsp3) is 0.500. The molecule has 1 nitrogen and oxygen atoms in total. The lowest BCUT2D eigenvalue weighted by atomic mass is 10.0. The van der Waals surface area contributed by atoms with Crippen molar-refractivity contribution in [2.45, 2.75) is 75.7 Å². The second kappa shape index (κ2) is 18.4. The summed E-state index contributed by atoms with van der Waals surface area (Å²) >= 11 is 0. The van der Waals surface area contributed by atoms with Crippen LogP contribution < -0.4 is 0 Å². The molecule has 0 bridgehead atoms. The molecule has 0 heterocycles. The largest absolute Gasteiger partial charge is 0.289 e. The molecule has 1 aromatic carbocycles. The van der Waals surface area contributed by atoms with Gasteiger partial charge in [0.15, 0.2) is 5.78 Å². The maximum absolute atomic E-state index is 12.1. The minimum atomic E-state index is 0.102. The highest BCUT2D eigenvalue weighted by atomic mass is 16.1. The standard InChI is InChI=1S/C16H20O.3C2H6/c1-5-12(2)6-9-14(4)16(17)15-10-7-13(3)8-11-15;3*1-2/h6-11H,5H2,1-4H3;3*1-2H3/b12-6+,14-9+;;;. The van der Waals surface area contributed by atoms with Gasteiger partial charge in [-0.3, -0.25) is 4.79 Å². The average molecular weight is 319 g/mol. The van der Waals surface area contributed by atoms with Crippen LogP contribution in [0.2, 0.25) is 0 Å². The van der Waals surface area contributed by atoms with Crippen molar-refractivity contribution in [3.05, 3.63) is 58.7 Å². The van der Waals surface area contributed by atoms with Gasteiger partial charge in [-0.25, -0.2) is 0 Å². The molecular weight excluding hydrogens is 280 g/mol. The fourth-order valence-electron chi connectivity index (χ4n) is 1.39. The van der Waals surface area contributed by atoms with Gasteiger partial charge in [-0.1, -0.05) is 96.0 Å². The van der Waals surface area contributed by atoms with E-state index < -0.39 is 0 Å². The predicted molar refractivity (Wildman–Crippen MR) is 107 cm³/mol. The minimum Gasteiger partial charge on any atom is -0.289 e. The number of allylic oxidation sites excluding steroid dienone is 4. The van der Waals surface area contributed by atoms with Crippen molar-refractivity contribution in [2.75, 3.05) is 0 Å². The smallest absolute Gasteiger partial charge is 0.188 e. The average Bonchev–Trinajstić information content (AvgIpc) is 2.64. The van der Waals surface area contributed by atoms with Crippen LogP contribution in [0.1, 0.15) is 84.7 Å². The lowest BCUT2D eigenvalue weighted by Gasteiger charge is -2.01. The molecular formula is C22H38O. The van der Waals surface area contributed by atoms with E-state index in [0.717, 1.165) is 17.6 Å². The molecule has 0 aliphatic rings. The molecule has 0 amide bonds. The van der Waals surface area contributed by atoms with Crippen LogP contribution >= 0.6 is 0 Å². The lowest BCUT2D eigenvalue weighted by Crippen LogP contribution is -2.00. The molecule has 0 aromatic heterocycles. The Bertz CT molecular complexity index is 447.